The summed E-state index contributed by atoms with van der Waals surface area (Å²) in [5, 5.41) is 8.75. The molecule has 0 atom stereocenters. The molecule has 0 radical (unpaired) electrons. The highest BCUT2D eigenvalue weighted by atomic mass is 19.1. The zero-order valence-electron chi connectivity index (χ0n) is 11.6. The van der Waals surface area contributed by atoms with E-state index in [9.17, 15) is 9.18 Å². The highest BCUT2D eigenvalue weighted by Gasteiger charge is 2.25. The Bertz CT molecular complexity index is 463. The summed E-state index contributed by atoms with van der Waals surface area (Å²) in [6, 6.07) is 3.20. The summed E-state index contributed by atoms with van der Waals surface area (Å²) in [5.41, 5.74) is -0.535. The van der Waals surface area contributed by atoms with Gasteiger partial charge in [-0.3, -0.25) is 4.79 Å². The Morgan fingerprint density at radius 2 is 1.79 bits per heavy atom. The maximum absolute atomic E-state index is 14.2. The number of hydrogen-bond acceptors (Lipinski definition) is 3. The fraction of sp³-hybridized carbons (Fsp3) is 0.500. The fourth-order valence-electron chi connectivity index (χ4n) is 1.92. The van der Waals surface area contributed by atoms with E-state index >= 15 is 0 Å². The molecule has 0 heterocycles. The number of halogens is 1. The number of carboxylic acids is 1. The molecular weight excluding hydrogens is 251 g/mol. The van der Waals surface area contributed by atoms with Crippen molar-refractivity contribution >= 4 is 5.97 Å². The lowest BCUT2D eigenvalue weighted by molar-refractivity contribution is -0.136. The van der Waals surface area contributed by atoms with Gasteiger partial charge in [0.2, 0.25) is 0 Å². The third-order valence-electron chi connectivity index (χ3n) is 2.86. The minimum atomic E-state index is -1.58. The molecule has 0 fully saturated rings. The number of aliphatic carboxylic acids is 1. The lowest BCUT2D eigenvalue weighted by Gasteiger charge is -2.21. The highest BCUT2D eigenvalue weighted by Crippen LogP contribution is 2.37. The fourth-order valence-corrected chi connectivity index (χ4v) is 1.92. The van der Waals surface area contributed by atoms with Gasteiger partial charge in [0, 0.05) is 6.42 Å². The molecule has 106 valence electrons. The molecule has 0 unspecified atom stereocenters. The maximum Gasteiger partial charge on any atom is 0.303 e. The first-order valence-electron chi connectivity index (χ1n) is 5.95. The van der Waals surface area contributed by atoms with E-state index in [0.717, 1.165) is 0 Å². The molecule has 1 aromatic rings. The van der Waals surface area contributed by atoms with Gasteiger partial charge in [0.05, 0.1) is 14.2 Å². The Kier molecular flexibility index (Phi) is 4.75. The molecule has 0 spiro atoms. The van der Waals surface area contributed by atoms with E-state index < -0.39 is 11.6 Å². The van der Waals surface area contributed by atoms with Crippen molar-refractivity contribution in [2.24, 2.45) is 0 Å². The van der Waals surface area contributed by atoms with Crippen LogP contribution in [0.3, 0.4) is 0 Å². The van der Waals surface area contributed by atoms with Gasteiger partial charge in [0.15, 0.2) is 11.5 Å². The number of carboxylic acid groups (broad SMARTS) is 1. The van der Waals surface area contributed by atoms with Crippen LogP contribution in [0.5, 0.6) is 11.5 Å². The lowest BCUT2D eigenvalue weighted by Crippen LogP contribution is -2.14. The smallest absolute Gasteiger partial charge is 0.303 e. The molecular formula is C14H19FO4. The third-order valence-corrected chi connectivity index (χ3v) is 2.86. The van der Waals surface area contributed by atoms with E-state index in [1.54, 1.807) is 12.1 Å². The van der Waals surface area contributed by atoms with Crippen LogP contribution in [-0.2, 0) is 16.9 Å². The summed E-state index contributed by atoms with van der Waals surface area (Å²) in [7, 11) is 2.96. The number of aryl methyl sites for hydroxylation is 1. The van der Waals surface area contributed by atoms with Crippen LogP contribution >= 0.6 is 0 Å². The number of methoxy groups -OCH3 is 2. The summed E-state index contributed by atoms with van der Waals surface area (Å²) < 4.78 is 24.5. The van der Waals surface area contributed by atoms with Crippen molar-refractivity contribution < 1.29 is 23.8 Å². The summed E-state index contributed by atoms with van der Waals surface area (Å²) in [4.78, 5) is 10.7. The Balaban J connectivity index is 3.27. The van der Waals surface area contributed by atoms with Crippen molar-refractivity contribution in [2.45, 2.75) is 32.4 Å². The molecule has 0 aliphatic carbocycles. The minimum Gasteiger partial charge on any atom is -0.493 e. The Hall–Kier alpha value is -1.78. The summed E-state index contributed by atoms with van der Waals surface area (Å²) in [5.74, 6) is -0.0180. The van der Waals surface area contributed by atoms with E-state index in [1.807, 2.05) is 0 Å². The van der Waals surface area contributed by atoms with Crippen LogP contribution < -0.4 is 9.47 Å². The quantitative estimate of drug-likeness (QED) is 0.863. The van der Waals surface area contributed by atoms with Crippen molar-refractivity contribution in [1.82, 2.24) is 0 Å². The zero-order valence-corrected chi connectivity index (χ0v) is 11.6. The van der Waals surface area contributed by atoms with Crippen LogP contribution in [0.4, 0.5) is 4.39 Å². The Morgan fingerprint density at radius 1 is 1.26 bits per heavy atom. The SMILES string of the molecule is COc1cc(CCC(=O)O)c(C(C)(C)F)cc1OC. The summed E-state index contributed by atoms with van der Waals surface area (Å²) >= 11 is 0. The minimum absolute atomic E-state index is 0.0570. The van der Waals surface area contributed by atoms with Crippen LogP contribution in [0.25, 0.3) is 0 Å². The second kappa shape index (κ2) is 5.91. The van der Waals surface area contributed by atoms with E-state index in [1.165, 1.54) is 28.1 Å². The predicted octanol–water partition coefficient (Wildman–Crippen LogP) is 2.93. The normalized spacial score (nSPS) is 11.2. The van der Waals surface area contributed by atoms with E-state index in [4.69, 9.17) is 14.6 Å². The molecule has 4 nitrogen and oxygen atoms in total. The highest BCUT2D eigenvalue weighted by molar-refractivity contribution is 5.67. The molecule has 0 aliphatic rings. The number of carbonyl (C=O) groups is 1. The van der Waals surface area contributed by atoms with E-state index in [-0.39, 0.29) is 12.8 Å². The molecule has 5 heteroatoms. The summed E-state index contributed by atoms with van der Waals surface area (Å²) in [6.45, 7) is 2.86. The molecule has 0 saturated heterocycles. The Labute approximate surface area is 112 Å². The molecule has 1 aromatic carbocycles. The number of alkyl halides is 1. The first kappa shape index (κ1) is 15.3. The number of rotatable bonds is 6. The molecule has 1 N–H and O–H groups in total. The molecule has 19 heavy (non-hydrogen) atoms. The number of benzene rings is 1. The average molecular weight is 270 g/mol. The summed E-state index contributed by atoms with van der Waals surface area (Å²) in [6.07, 6.45) is 0.191. The molecule has 0 aromatic heterocycles. The maximum atomic E-state index is 14.2. The Morgan fingerprint density at radius 3 is 2.21 bits per heavy atom. The van der Waals surface area contributed by atoms with Gasteiger partial charge in [-0.2, -0.15) is 0 Å². The van der Waals surface area contributed by atoms with Gasteiger partial charge in [-0.1, -0.05) is 0 Å². The lowest BCUT2D eigenvalue weighted by atomic mass is 9.91. The standard InChI is InChI=1S/C14H19FO4/c1-14(2,15)10-8-12(19-4)11(18-3)7-9(10)5-6-13(16)17/h7-8H,5-6H2,1-4H3,(H,16,17). The average Bonchev–Trinajstić information content (AvgIpc) is 2.33. The van der Waals surface area contributed by atoms with Gasteiger partial charge in [0.1, 0.15) is 5.67 Å². The van der Waals surface area contributed by atoms with E-state index in [2.05, 4.69) is 0 Å². The van der Waals surface area contributed by atoms with Crippen molar-refractivity contribution in [1.29, 1.82) is 0 Å². The van der Waals surface area contributed by atoms with E-state index in [0.29, 0.717) is 22.6 Å². The molecule has 0 bridgehead atoms. The first-order valence-corrected chi connectivity index (χ1v) is 5.95. The molecule has 0 saturated carbocycles. The van der Waals surface area contributed by atoms with Gasteiger partial charge < -0.3 is 14.6 Å². The zero-order chi connectivity index (χ0) is 14.6. The number of ether oxygens (including phenoxy) is 2. The van der Waals surface area contributed by atoms with Gasteiger partial charge >= 0.3 is 5.97 Å². The number of hydrogen-bond donors (Lipinski definition) is 1. The van der Waals surface area contributed by atoms with Crippen LogP contribution in [0.2, 0.25) is 0 Å². The second-order valence-corrected chi connectivity index (χ2v) is 4.73. The van der Waals surface area contributed by atoms with Gasteiger partial charge in [0.25, 0.3) is 0 Å². The molecule has 1 rings (SSSR count). The van der Waals surface area contributed by atoms with Crippen LogP contribution in [-0.4, -0.2) is 25.3 Å². The molecule has 0 amide bonds. The van der Waals surface area contributed by atoms with Gasteiger partial charge in [-0.15, -0.1) is 0 Å². The van der Waals surface area contributed by atoms with Crippen molar-refractivity contribution in [3.05, 3.63) is 23.3 Å². The third kappa shape index (κ3) is 3.84. The largest absolute Gasteiger partial charge is 0.493 e. The predicted molar refractivity (Wildman–Crippen MR) is 69.6 cm³/mol. The second-order valence-electron chi connectivity index (χ2n) is 4.73. The van der Waals surface area contributed by atoms with Crippen molar-refractivity contribution in [2.75, 3.05) is 14.2 Å². The first-order chi connectivity index (χ1) is 8.79. The van der Waals surface area contributed by atoms with Crippen LogP contribution in [0.1, 0.15) is 31.4 Å². The monoisotopic (exact) mass is 270 g/mol. The van der Waals surface area contributed by atoms with Crippen molar-refractivity contribution in [3.63, 3.8) is 0 Å². The van der Waals surface area contributed by atoms with Gasteiger partial charge in [-0.05, 0) is 43.5 Å². The molecule has 0 aliphatic heterocycles. The van der Waals surface area contributed by atoms with Crippen LogP contribution in [0.15, 0.2) is 12.1 Å². The van der Waals surface area contributed by atoms with Crippen molar-refractivity contribution in [3.8, 4) is 11.5 Å². The topological polar surface area (TPSA) is 55.8 Å². The van der Waals surface area contributed by atoms with Crippen LogP contribution in [0, 0.1) is 0 Å². The van der Waals surface area contributed by atoms with Gasteiger partial charge in [-0.25, -0.2) is 4.39 Å².